The van der Waals surface area contributed by atoms with Gasteiger partial charge in [0.05, 0.1) is 20.3 Å². The second kappa shape index (κ2) is 6.08. The van der Waals surface area contributed by atoms with Crippen molar-refractivity contribution in [3.05, 3.63) is 45.6 Å². The highest BCUT2D eigenvalue weighted by molar-refractivity contribution is 7.12. The van der Waals surface area contributed by atoms with Gasteiger partial charge in [-0.3, -0.25) is 0 Å². The molecule has 2 rings (SSSR count). The number of aryl methyl sites for hydroxylation is 1. The Labute approximate surface area is 118 Å². The first-order chi connectivity index (χ1) is 9.19. The smallest absolute Gasteiger partial charge is 0.161 e. The molecule has 0 bridgehead atoms. The molecule has 19 heavy (non-hydrogen) atoms. The van der Waals surface area contributed by atoms with Crippen molar-refractivity contribution in [1.29, 1.82) is 0 Å². The summed E-state index contributed by atoms with van der Waals surface area (Å²) in [4.78, 5) is 2.52. The predicted octanol–water partition coefficient (Wildman–Crippen LogP) is 3.38. The van der Waals surface area contributed by atoms with Crippen LogP contribution in [0.1, 0.15) is 28.3 Å². The largest absolute Gasteiger partial charge is 0.493 e. The van der Waals surface area contributed by atoms with Gasteiger partial charge in [-0.05, 0) is 36.2 Å². The average Bonchev–Trinajstić information content (AvgIpc) is 2.94. The molecule has 102 valence electrons. The molecule has 0 fully saturated rings. The molecular weight excluding hydrogens is 258 g/mol. The summed E-state index contributed by atoms with van der Waals surface area (Å²) >= 11 is 1.76. The lowest BCUT2D eigenvalue weighted by Crippen LogP contribution is -2.10. The number of hydrogen-bond donors (Lipinski definition) is 1. The summed E-state index contributed by atoms with van der Waals surface area (Å²) in [6.07, 6.45) is 1.04. The second-order valence-electron chi connectivity index (χ2n) is 4.25. The quantitative estimate of drug-likeness (QED) is 0.911. The van der Waals surface area contributed by atoms with Crippen molar-refractivity contribution in [2.45, 2.75) is 19.4 Å². The Morgan fingerprint density at radius 3 is 2.42 bits per heavy atom. The molecule has 0 amide bonds. The summed E-state index contributed by atoms with van der Waals surface area (Å²) in [5.41, 5.74) is 7.34. The first kappa shape index (κ1) is 13.9. The van der Waals surface area contributed by atoms with Gasteiger partial charge in [-0.15, -0.1) is 11.3 Å². The molecule has 0 aliphatic heterocycles. The summed E-state index contributed by atoms with van der Waals surface area (Å²) < 4.78 is 10.5. The molecule has 2 aromatic rings. The fourth-order valence-corrected chi connectivity index (χ4v) is 2.94. The highest BCUT2D eigenvalue weighted by atomic mass is 32.1. The number of thiophene rings is 1. The minimum Gasteiger partial charge on any atom is -0.493 e. The van der Waals surface area contributed by atoms with Gasteiger partial charge in [0.15, 0.2) is 11.5 Å². The van der Waals surface area contributed by atoms with Crippen molar-refractivity contribution in [3.8, 4) is 11.5 Å². The van der Waals surface area contributed by atoms with Gasteiger partial charge in [-0.1, -0.05) is 13.0 Å². The molecule has 3 nitrogen and oxygen atoms in total. The minimum atomic E-state index is -0.120. The standard InChI is InChI=1S/C15H19NO2S/c1-4-11-6-8-14(19-11)15(16)10-5-7-12(17-2)13(9-10)18-3/h5-9,15H,4,16H2,1-3H3. The molecule has 0 saturated heterocycles. The Balaban J connectivity index is 2.30. The van der Waals surface area contributed by atoms with E-state index in [0.717, 1.165) is 17.7 Å². The number of rotatable bonds is 5. The van der Waals surface area contributed by atoms with E-state index in [1.807, 2.05) is 18.2 Å². The molecule has 1 heterocycles. The van der Waals surface area contributed by atoms with Crippen LogP contribution in [0.4, 0.5) is 0 Å². The number of ether oxygens (including phenoxy) is 2. The SMILES string of the molecule is CCc1ccc(C(N)c2ccc(OC)c(OC)c2)s1. The molecule has 1 atom stereocenters. The maximum absolute atomic E-state index is 6.31. The summed E-state index contributed by atoms with van der Waals surface area (Å²) in [6, 6.07) is 9.94. The van der Waals surface area contributed by atoms with Crippen LogP contribution in [0.15, 0.2) is 30.3 Å². The Bertz CT molecular complexity index is 551. The fraction of sp³-hybridized carbons (Fsp3) is 0.333. The van der Waals surface area contributed by atoms with Crippen molar-refractivity contribution < 1.29 is 9.47 Å². The van der Waals surface area contributed by atoms with E-state index in [1.54, 1.807) is 25.6 Å². The number of benzene rings is 1. The van der Waals surface area contributed by atoms with Crippen LogP contribution in [0, 0.1) is 0 Å². The van der Waals surface area contributed by atoms with Crippen molar-refractivity contribution >= 4 is 11.3 Å². The molecule has 1 aromatic heterocycles. The molecule has 0 aliphatic carbocycles. The zero-order valence-corrected chi connectivity index (χ0v) is 12.3. The van der Waals surface area contributed by atoms with Crippen LogP contribution in [0.25, 0.3) is 0 Å². The van der Waals surface area contributed by atoms with E-state index in [9.17, 15) is 0 Å². The third kappa shape index (κ3) is 2.91. The number of nitrogens with two attached hydrogens (primary N) is 1. The molecule has 1 unspecified atom stereocenters. The summed E-state index contributed by atoms with van der Waals surface area (Å²) in [6.45, 7) is 2.15. The van der Waals surface area contributed by atoms with Crippen molar-refractivity contribution in [2.75, 3.05) is 14.2 Å². The molecule has 0 aliphatic rings. The lowest BCUT2D eigenvalue weighted by molar-refractivity contribution is 0.354. The first-order valence-corrected chi connectivity index (χ1v) is 7.07. The van der Waals surface area contributed by atoms with Gasteiger partial charge in [0.25, 0.3) is 0 Å². The molecule has 4 heteroatoms. The Hall–Kier alpha value is -1.52. The van der Waals surface area contributed by atoms with Crippen LogP contribution in [0.5, 0.6) is 11.5 Å². The maximum atomic E-state index is 6.31. The molecule has 2 N–H and O–H groups in total. The summed E-state index contributed by atoms with van der Waals surface area (Å²) in [5, 5.41) is 0. The van der Waals surface area contributed by atoms with Crippen LogP contribution in [-0.4, -0.2) is 14.2 Å². The van der Waals surface area contributed by atoms with Gasteiger partial charge in [-0.2, -0.15) is 0 Å². The summed E-state index contributed by atoms with van der Waals surface area (Å²) in [7, 11) is 3.26. The van der Waals surface area contributed by atoms with Crippen molar-refractivity contribution in [1.82, 2.24) is 0 Å². The predicted molar refractivity (Wildman–Crippen MR) is 79.3 cm³/mol. The normalized spacial score (nSPS) is 12.2. The lowest BCUT2D eigenvalue weighted by atomic mass is 10.1. The Kier molecular flexibility index (Phi) is 4.45. The molecule has 0 saturated carbocycles. The van der Waals surface area contributed by atoms with E-state index in [4.69, 9.17) is 15.2 Å². The topological polar surface area (TPSA) is 44.5 Å². The Morgan fingerprint density at radius 1 is 1.11 bits per heavy atom. The van der Waals surface area contributed by atoms with Gasteiger partial charge in [0.1, 0.15) is 0 Å². The Morgan fingerprint density at radius 2 is 1.84 bits per heavy atom. The van der Waals surface area contributed by atoms with Gasteiger partial charge in [-0.25, -0.2) is 0 Å². The second-order valence-corrected chi connectivity index (χ2v) is 5.45. The van der Waals surface area contributed by atoms with Crippen LogP contribution in [-0.2, 0) is 6.42 Å². The van der Waals surface area contributed by atoms with Crippen LogP contribution >= 0.6 is 11.3 Å². The zero-order chi connectivity index (χ0) is 13.8. The third-order valence-electron chi connectivity index (χ3n) is 3.10. The van der Waals surface area contributed by atoms with E-state index in [2.05, 4.69) is 19.1 Å². The van der Waals surface area contributed by atoms with E-state index in [1.165, 1.54) is 9.75 Å². The number of hydrogen-bond acceptors (Lipinski definition) is 4. The molecular formula is C15H19NO2S. The van der Waals surface area contributed by atoms with Crippen LogP contribution < -0.4 is 15.2 Å². The van der Waals surface area contributed by atoms with Gasteiger partial charge >= 0.3 is 0 Å². The average molecular weight is 277 g/mol. The molecule has 1 aromatic carbocycles. The number of methoxy groups -OCH3 is 2. The highest BCUT2D eigenvalue weighted by Crippen LogP contribution is 2.33. The maximum Gasteiger partial charge on any atom is 0.161 e. The van der Waals surface area contributed by atoms with E-state index in [-0.39, 0.29) is 6.04 Å². The highest BCUT2D eigenvalue weighted by Gasteiger charge is 2.14. The van der Waals surface area contributed by atoms with E-state index >= 15 is 0 Å². The monoisotopic (exact) mass is 277 g/mol. The first-order valence-electron chi connectivity index (χ1n) is 6.25. The van der Waals surface area contributed by atoms with Crippen molar-refractivity contribution in [3.63, 3.8) is 0 Å². The minimum absolute atomic E-state index is 0.120. The van der Waals surface area contributed by atoms with E-state index in [0.29, 0.717) is 5.75 Å². The molecule has 0 radical (unpaired) electrons. The lowest BCUT2D eigenvalue weighted by Gasteiger charge is -2.13. The fourth-order valence-electron chi connectivity index (χ4n) is 1.96. The van der Waals surface area contributed by atoms with Gasteiger partial charge in [0, 0.05) is 9.75 Å². The van der Waals surface area contributed by atoms with Gasteiger partial charge in [0.2, 0.25) is 0 Å². The third-order valence-corrected chi connectivity index (χ3v) is 4.42. The summed E-state index contributed by atoms with van der Waals surface area (Å²) in [5.74, 6) is 1.43. The van der Waals surface area contributed by atoms with Crippen LogP contribution in [0.2, 0.25) is 0 Å². The van der Waals surface area contributed by atoms with Crippen LogP contribution in [0.3, 0.4) is 0 Å². The van der Waals surface area contributed by atoms with Crippen molar-refractivity contribution in [2.24, 2.45) is 5.73 Å². The molecule has 0 spiro atoms. The van der Waals surface area contributed by atoms with E-state index < -0.39 is 0 Å². The zero-order valence-electron chi connectivity index (χ0n) is 11.5. The van der Waals surface area contributed by atoms with Gasteiger partial charge < -0.3 is 15.2 Å².